The Morgan fingerprint density at radius 2 is 1.93 bits per heavy atom. The maximum Gasteiger partial charge on any atom is 0.0146 e. The van der Waals surface area contributed by atoms with Gasteiger partial charge in [-0.05, 0) is 36.8 Å². The summed E-state index contributed by atoms with van der Waals surface area (Å²) in [7, 11) is 0. The van der Waals surface area contributed by atoms with E-state index in [4.69, 9.17) is 0 Å². The topological polar surface area (TPSA) is 0 Å². The number of halogens is 1. The van der Waals surface area contributed by atoms with Gasteiger partial charge in [-0.15, -0.1) is 0 Å². The van der Waals surface area contributed by atoms with Crippen molar-refractivity contribution < 1.29 is 0 Å². The number of hydrogen-bond acceptors (Lipinski definition) is 0. The molecule has 78 valence electrons. The molecule has 14 heavy (non-hydrogen) atoms. The first kappa shape index (κ1) is 11.8. The van der Waals surface area contributed by atoms with Gasteiger partial charge in [0.05, 0.1) is 0 Å². The molecule has 1 unspecified atom stereocenters. The smallest absolute Gasteiger partial charge is 0.0146 e. The highest BCUT2D eigenvalue weighted by atomic mass is 79.9. The zero-order chi connectivity index (χ0) is 10.4. The van der Waals surface area contributed by atoms with Crippen LogP contribution in [-0.2, 0) is 12.8 Å². The van der Waals surface area contributed by atoms with E-state index in [0.717, 1.165) is 6.42 Å². The lowest BCUT2D eigenvalue weighted by atomic mass is 10.0. The molecule has 0 heterocycles. The fourth-order valence-corrected chi connectivity index (χ4v) is 1.76. The van der Waals surface area contributed by atoms with E-state index in [1.165, 1.54) is 30.4 Å². The minimum Gasteiger partial charge on any atom is -0.0891 e. The Bertz CT molecular complexity index is 268. The standard InChI is InChI=1S/C13H19Br/c1-3-11-6-5-7-12(10-11)8-9-13(14)4-2/h5-7,10,13H,3-4,8-9H2,1-2H3. The average Bonchev–Trinajstić information content (AvgIpc) is 2.26. The molecule has 0 saturated heterocycles. The molecule has 0 N–H and O–H groups in total. The van der Waals surface area contributed by atoms with Crippen LogP contribution in [-0.4, -0.2) is 4.83 Å². The van der Waals surface area contributed by atoms with Crippen LogP contribution in [0.2, 0.25) is 0 Å². The van der Waals surface area contributed by atoms with Gasteiger partial charge >= 0.3 is 0 Å². The van der Waals surface area contributed by atoms with Crippen molar-refractivity contribution in [3.8, 4) is 0 Å². The molecule has 0 aliphatic rings. The van der Waals surface area contributed by atoms with Crippen molar-refractivity contribution in [1.29, 1.82) is 0 Å². The van der Waals surface area contributed by atoms with Gasteiger partial charge in [0, 0.05) is 4.83 Å². The maximum absolute atomic E-state index is 3.67. The van der Waals surface area contributed by atoms with Crippen LogP contribution in [0, 0.1) is 0 Å². The van der Waals surface area contributed by atoms with E-state index in [1.807, 2.05) is 0 Å². The van der Waals surface area contributed by atoms with Crippen LogP contribution < -0.4 is 0 Å². The number of hydrogen-bond donors (Lipinski definition) is 0. The summed E-state index contributed by atoms with van der Waals surface area (Å²) in [6.45, 7) is 4.43. The van der Waals surface area contributed by atoms with E-state index < -0.39 is 0 Å². The zero-order valence-corrected chi connectivity index (χ0v) is 10.7. The minimum absolute atomic E-state index is 0.674. The van der Waals surface area contributed by atoms with Crippen LogP contribution in [0.1, 0.15) is 37.8 Å². The normalized spacial score (nSPS) is 12.8. The summed E-state index contributed by atoms with van der Waals surface area (Å²) >= 11 is 3.67. The Labute approximate surface area is 95.9 Å². The van der Waals surface area contributed by atoms with Crippen LogP contribution in [0.15, 0.2) is 24.3 Å². The lowest BCUT2D eigenvalue weighted by Crippen LogP contribution is -1.98. The van der Waals surface area contributed by atoms with E-state index >= 15 is 0 Å². The highest BCUT2D eigenvalue weighted by molar-refractivity contribution is 9.09. The number of alkyl halides is 1. The highest BCUT2D eigenvalue weighted by Crippen LogP contribution is 2.14. The molecule has 1 rings (SSSR count). The molecule has 0 nitrogen and oxygen atoms in total. The molecule has 0 aromatic heterocycles. The molecule has 1 aromatic rings. The summed E-state index contributed by atoms with van der Waals surface area (Å²) in [6.07, 6.45) is 4.79. The molecule has 0 bridgehead atoms. The molecule has 1 atom stereocenters. The summed E-state index contributed by atoms with van der Waals surface area (Å²) < 4.78 is 0. The summed E-state index contributed by atoms with van der Waals surface area (Å²) in [5.74, 6) is 0. The molecule has 0 saturated carbocycles. The van der Waals surface area contributed by atoms with E-state index in [2.05, 4.69) is 54.0 Å². The summed E-state index contributed by atoms with van der Waals surface area (Å²) in [5, 5.41) is 0. The Morgan fingerprint density at radius 3 is 2.57 bits per heavy atom. The predicted octanol–water partition coefficient (Wildman–Crippen LogP) is 4.36. The average molecular weight is 255 g/mol. The van der Waals surface area contributed by atoms with E-state index in [0.29, 0.717) is 4.83 Å². The third kappa shape index (κ3) is 3.83. The third-order valence-corrected chi connectivity index (χ3v) is 3.69. The van der Waals surface area contributed by atoms with Crippen molar-refractivity contribution >= 4 is 15.9 Å². The van der Waals surface area contributed by atoms with E-state index in [9.17, 15) is 0 Å². The molecule has 0 amide bonds. The molecule has 1 aromatic carbocycles. The van der Waals surface area contributed by atoms with Crippen molar-refractivity contribution in [2.45, 2.75) is 44.4 Å². The van der Waals surface area contributed by atoms with Gasteiger partial charge in [0.15, 0.2) is 0 Å². The molecular formula is C13H19Br. The van der Waals surface area contributed by atoms with Gasteiger partial charge in [-0.3, -0.25) is 0 Å². The summed E-state index contributed by atoms with van der Waals surface area (Å²) in [6, 6.07) is 8.93. The van der Waals surface area contributed by atoms with Crippen molar-refractivity contribution in [1.82, 2.24) is 0 Å². The quantitative estimate of drug-likeness (QED) is 0.686. The number of aryl methyl sites for hydroxylation is 2. The van der Waals surface area contributed by atoms with Crippen molar-refractivity contribution in [2.75, 3.05) is 0 Å². The lowest BCUT2D eigenvalue weighted by Gasteiger charge is -2.07. The second-order valence-corrected chi connectivity index (χ2v) is 5.01. The van der Waals surface area contributed by atoms with Gasteiger partial charge in [-0.25, -0.2) is 0 Å². The molecule has 0 spiro atoms. The Morgan fingerprint density at radius 1 is 1.21 bits per heavy atom. The first-order valence-electron chi connectivity index (χ1n) is 5.48. The van der Waals surface area contributed by atoms with Crippen molar-refractivity contribution in [2.24, 2.45) is 0 Å². The molecule has 0 aliphatic carbocycles. The Balaban J connectivity index is 2.50. The summed E-state index contributed by atoms with van der Waals surface area (Å²) in [5.41, 5.74) is 2.92. The molecular weight excluding hydrogens is 236 g/mol. The highest BCUT2D eigenvalue weighted by Gasteiger charge is 2.01. The van der Waals surface area contributed by atoms with Crippen molar-refractivity contribution in [3.05, 3.63) is 35.4 Å². The van der Waals surface area contributed by atoms with Crippen LogP contribution in [0.3, 0.4) is 0 Å². The summed E-state index contributed by atoms with van der Waals surface area (Å²) in [4.78, 5) is 0.674. The number of rotatable bonds is 5. The van der Waals surface area contributed by atoms with Crippen LogP contribution >= 0.6 is 15.9 Å². The van der Waals surface area contributed by atoms with Gasteiger partial charge in [0.1, 0.15) is 0 Å². The Hall–Kier alpha value is -0.300. The SMILES string of the molecule is CCc1cccc(CCC(Br)CC)c1. The second-order valence-electron chi connectivity index (χ2n) is 3.72. The van der Waals surface area contributed by atoms with Crippen molar-refractivity contribution in [3.63, 3.8) is 0 Å². The first-order valence-corrected chi connectivity index (χ1v) is 6.39. The van der Waals surface area contributed by atoms with E-state index in [1.54, 1.807) is 0 Å². The largest absolute Gasteiger partial charge is 0.0891 e. The fourth-order valence-electron chi connectivity index (χ4n) is 1.53. The van der Waals surface area contributed by atoms with Gasteiger partial charge in [0.2, 0.25) is 0 Å². The monoisotopic (exact) mass is 254 g/mol. The first-order chi connectivity index (χ1) is 6.76. The molecule has 0 aliphatic heterocycles. The fraction of sp³-hybridized carbons (Fsp3) is 0.538. The lowest BCUT2D eigenvalue weighted by molar-refractivity contribution is 0.746. The number of benzene rings is 1. The van der Waals surface area contributed by atoms with Gasteiger partial charge in [-0.1, -0.05) is 54.0 Å². The van der Waals surface area contributed by atoms with Crippen LogP contribution in [0.4, 0.5) is 0 Å². The molecule has 1 heteroatoms. The van der Waals surface area contributed by atoms with Gasteiger partial charge in [0.25, 0.3) is 0 Å². The molecule has 0 fully saturated rings. The second kappa shape index (κ2) is 6.23. The third-order valence-electron chi connectivity index (χ3n) is 2.59. The maximum atomic E-state index is 3.67. The van der Waals surface area contributed by atoms with Gasteiger partial charge in [-0.2, -0.15) is 0 Å². The predicted molar refractivity (Wildman–Crippen MR) is 67.1 cm³/mol. The zero-order valence-electron chi connectivity index (χ0n) is 9.09. The van der Waals surface area contributed by atoms with Crippen LogP contribution in [0.5, 0.6) is 0 Å². The Kier molecular flexibility index (Phi) is 5.24. The minimum atomic E-state index is 0.674. The van der Waals surface area contributed by atoms with Crippen LogP contribution in [0.25, 0.3) is 0 Å². The van der Waals surface area contributed by atoms with Gasteiger partial charge < -0.3 is 0 Å². The van der Waals surface area contributed by atoms with E-state index in [-0.39, 0.29) is 0 Å². The molecule has 0 radical (unpaired) electrons.